The molecular formula is C13H14F3N3O2. The maximum Gasteiger partial charge on any atom is 0.573 e. The van der Waals surface area contributed by atoms with Crippen molar-refractivity contribution in [2.75, 3.05) is 0 Å². The Labute approximate surface area is 119 Å². The number of aliphatic hydroxyl groups excluding tert-OH is 1. The predicted octanol–water partition coefficient (Wildman–Crippen LogP) is 2.67. The van der Waals surface area contributed by atoms with Gasteiger partial charge in [-0.05, 0) is 24.1 Å². The summed E-state index contributed by atoms with van der Waals surface area (Å²) in [5.41, 5.74) is 1.21. The monoisotopic (exact) mass is 301 g/mol. The summed E-state index contributed by atoms with van der Waals surface area (Å²) in [6.45, 7) is 2.17. The molecule has 0 aliphatic rings. The molecule has 0 bridgehead atoms. The van der Waals surface area contributed by atoms with Gasteiger partial charge in [0.05, 0.1) is 18.8 Å². The fourth-order valence-corrected chi connectivity index (χ4v) is 1.74. The number of aromatic nitrogens is 3. The number of alkyl halides is 3. The maximum absolute atomic E-state index is 12.0. The van der Waals surface area contributed by atoms with E-state index in [1.165, 1.54) is 28.9 Å². The topological polar surface area (TPSA) is 60.2 Å². The van der Waals surface area contributed by atoms with Gasteiger partial charge in [0.25, 0.3) is 0 Å². The molecule has 8 heteroatoms. The fourth-order valence-electron chi connectivity index (χ4n) is 1.74. The molecule has 0 spiro atoms. The molecule has 21 heavy (non-hydrogen) atoms. The predicted molar refractivity (Wildman–Crippen MR) is 67.5 cm³/mol. The van der Waals surface area contributed by atoms with Crippen molar-refractivity contribution < 1.29 is 23.0 Å². The highest BCUT2D eigenvalue weighted by molar-refractivity contribution is 5.27. The number of aliphatic hydroxyl groups is 1. The highest BCUT2D eigenvalue weighted by atomic mass is 19.4. The zero-order valence-corrected chi connectivity index (χ0v) is 11.2. The molecule has 1 aromatic carbocycles. The van der Waals surface area contributed by atoms with E-state index in [1.807, 2.05) is 6.92 Å². The Kier molecular flexibility index (Phi) is 4.46. The summed E-state index contributed by atoms with van der Waals surface area (Å²) in [5, 5.41) is 17.3. The highest BCUT2D eigenvalue weighted by Gasteiger charge is 2.30. The van der Waals surface area contributed by atoms with E-state index >= 15 is 0 Å². The third kappa shape index (κ3) is 4.45. The van der Waals surface area contributed by atoms with Crippen molar-refractivity contribution >= 4 is 0 Å². The van der Waals surface area contributed by atoms with Crippen LogP contribution in [0, 0.1) is 0 Å². The van der Waals surface area contributed by atoms with Crippen molar-refractivity contribution in [1.82, 2.24) is 15.0 Å². The van der Waals surface area contributed by atoms with Gasteiger partial charge in [0.1, 0.15) is 11.4 Å². The molecule has 1 N–H and O–H groups in total. The van der Waals surface area contributed by atoms with E-state index < -0.39 is 12.5 Å². The number of benzene rings is 1. The van der Waals surface area contributed by atoms with Gasteiger partial charge in [-0.15, -0.1) is 18.3 Å². The molecular weight excluding hydrogens is 287 g/mol. The van der Waals surface area contributed by atoms with Crippen molar-refractivity contribution in [3.63, 3.8) is 0 Å². The summed E-state index contributed by atoms with van der Waals surface area (Å²) in [7, 11) is 0. The lowest BCUT2D eigenvalue weighted by atomic mass is 10.2. The first-order valence-electron chi connectivity index (χ1n) is 6.30. The molecule has 0 aliphatic carbocycles. The van der Waals surface area contributed by atoms with Crippen LogP contribution in [0.3, 0.4) is 0 Å². The first-order valence-corrected chi connectivity index (χ1v) is 6.30. The molecule has 0 saturated heterocycles. The van der Waals surface area contributed by atoms with E-state index in [0.717, 1.165) is 5.56 Å². The second-order valence-electron chi connectivity index (χ2n) is 4.46. The molecule has 5 nitrogen and oxygen atoms in total. The summed E-state index contributed by atoms with van der Waals surface area (Å²) in [6, 6.07) is 5.50. The quantitative estimate of drug-likeness (QED) is 0.922. The van der Waals surface area contributed by atoms with Crippen molar-refractivity contribution in [3.8, 4) is 5.75 Å². The van der Waals surface area contributed by atoms with E-state index in [4.69, 9.17) is 0 Å². The zero-order chi connectivity index (χ0) is 15.5. The van der Waals surface area contributed by atoms with E-state index in [9.17, 15) is 18.3 Å². The lowest BCUT2D eigenvalue weighted by Crippen LogP contribution is -2.17. The molecule has 114 valence electrons. The van der Waals surface area contributed by atoms with Crippen molar-refractivity contribution in [1.29, 1.82) is 0 Å². The summed E-state index contributed by atoms with van der Waals surface area (Å²) in [4.78, 5) is 0. The Morgan fingerprint density at radius 2 is 1.95 bits per heavy atom. The van der Waals surface area contributed by atoms with Crippen LogP contribution in [0.25, 0.3) is 0 Å². The molecule has 0 amide bonds. The van der Waals surface area contributed by atoms with Gasteiger partial charge < -0.3 is 9.84 Å². The summed E-state index contributed by atoms with van der Waals surface area (Å²) in [5.74, 6) is -0.271. The molecule has 1 heterocycles. The van der Waals surface area contributed by atoms with Crippen LogP contribution in [-0.4, -0.2) is 26.5 Å². The van der Waals surface area contributed by atoms with E-state index in [0.29, 0.717) is 18.7 Å². The summed E-state index contributed by atoms with van der Waals surface area (Å²) >= 11 is 0. The molecule has 0 saturated carbocycles. The van der Waals surface area contributed by atoms with E-state index in [1.54, 1.807) is 6.20 Å². The normalized spacial score (nSPS) is 13.2. The van der Waals surface area contributed by atoms with Gasteiger partial charge in [0.15, 0.2) is 0 Å². The Balaban J connectivity index is 2.01. The maximum atomic E-state index is 12.0. The first kappa shape index (κ1) is 15.3. The van der Waals surface area contributed by atoms with Gasteiger partial charge >= 0.3 is 6.36 Å². The number of hydrogen-bond donors (Lipinski definition) is 1. The summed E-state index contributed by atoms with van der Waals surface area (Å²) in [6.07, 6.45) is -3.23. The van der Waals surface area contributed by atoms with Crippen LogP contribution in [0.5, 0.6) is 5.75 Å². The van der Waals surface area contributed by atoms with E-state index in [-0.39, 0.29) is 5.75 Å². The zero-order valence-electron chi connectivity index (χ0n) is 11.2. The largest absolute Gasteiger partial charge is 0.573 e. The Morgan fingerprint density at radius 1 is 1.29 bits per heavy atom. The SMILES string of the molecule is CCC(O)c1cn(Cc2ccc(OC(F)(F)F)cc2)nn1. The Bertz CT molecular complexity index is 581. The van der Waals surface area contributed by atoms with Crippen LogP contribution in [0.4, 0.5) is 13.2 Å². The van der Waals surface area contributed by atoms with E-state index in [2.05, 4.69) is 15.0 Å². The van der Waals surface area contributed by atoms with Gasteiger partial charge in [0, 0.05) is 0 Å². The van der Waals surface area contributed by atoms with Gasteiger partial charge in [-0.3, -0.25) is 0 Å². The molecule has 2 aromatic rings. The molecule has 0 aliphatic heterocycles. The Hall–Kier alpha value is -2.09. The minimum atomic E-state index is -4.70. The highest BCUT2D eigenvalue weighted by Crippen LogP contribution is 2.23. The van der Waals surface area contributed by atoms with Crippen LogP contribution < -0.4 is 4.74 Å². The summed E-state index contributed by atoms with van der Waals surface area (Å²) < 4.78 is 41.4. The second kappa shape index (κ2) is 6.13. The molecule has 1 unspecified atom stereocenters. The number of ether oxygens (including phenoxy) is 1. The fraction of sp³-hybridized carbons (Fsp3) is 0.385. The number of nitrogens with zero attached hydrogens (tertiary/aromatic N) is 3. The lowest BCUT2D eigenvalue weighted by Gasteiger charge is -2.09. The van der Waals surface area contributed by atoms with Crippen LogP contribution >= 0.6 is 0 Å². The van der Waals surface area contributed by atoms with Gasteiger partial charge in [-0.2, -0.15) is 0 Å². The van der Waals surface area contributed by atoms with Crippen molar-refractivity contribution in [3.05, 3.63) is 41.7 Å². The molecule has 2 rings (SSSR count). The third-order valence-corrected chi connectivity index (χ3v) is 2.79. The number of rotatable bonds is 5. The smallest absolute Gasteiger partial charge is 0.406 e. The van der Waals surface area contributed by atoms with Crippen molar-refractivity contribution in [2.24, 2.45) is 0 Å². The average Bonchev–Trinajstić information content (AvgIpc) is 2.87. The Morgan fingerprint density at radius 3 is 2.52 bits per heavy atom. The third-order valence-electron chi connectivity index (χ3n) is 2.79. The standard InChI is InChI=1S/C13H14F3N3O2/c1-2-12(20)11-8-19(18-17-11)7-9-3-5-10(6-4-9)21-13(14,15)16/h3-6,8,12,20H,2,7H2,1H3. The van der Waals surface area contributed by atoms with Crippen LogP contribution in [0.1, 0.15) is 30.7 Å². The van der Waals surface area contributed by atoms with Gasteiger partial charge in [0.2, 0.25) is 0 Å². The second-order valence-corrected chi connectivity index (χ2v) is 4.46. The minimum Gasteiger partial charge on any atom is -0.406 e. The molecule has 0 radical (unpaired) electrons. The molecule has 1 aromatic heterocycles. The van der Waals surface area contributed by atoms with Crippen LogP contribution in [0.2, 0.25) is 0 Å². The first-order chi connectivity index (χ1) is 9.87. The minimum absolute atomic E-state index is 0.271. The number of hydrogen-bond acceptors (Lipinski definition) is 4. The lowest BCUT2D eigenvalue weighted by molar-refractivity contribution is -0.274. The molecule has 1 atom stereocenters. The van der Waals surface area contributed by atoms with Gasteiger partial charge in [-0.25, -0.2) is 4.68 Å². The molecule has 0 fully saturated rings. The van der Waals surface area contributed by atoms with Crippen molar-refractivity contribution in [2.45, 2.75) is 32.4 Å². The van der Waals surface area contributed by atoms with Gasteiger partial charge in [-0.1, -0.05) is 24.3 Å². The number of halogens is 3. The van der Waals surface area contributed by atoms with Crippen LogP contribution in [0.15, 0.2) is 30.5 Å². The van der Waals surface area contributed by atoms with Crippen LogP contribution in [-0.2, 0) is 6.54 Å². The average molecular weight is 301 g/mol.